The number of rotatable bonds is 12. The molecular weight excluding hydrogens is 437 g/mol. The fraction of sp³-hybridized carbons (Fsp3) is 0.708. The van der Waals surface area contributed by atoms with E-state index in [0.29, 0.717) is 12.0 Å². The second kappa shape index (κ2) is 11.5. The molecule has 2 rings (SSSR count). The minimum atomic E-state index is -2.49. The summed E-state index contributed by atoms with van der Waals surface area (Å²) in [7, 11) is 0. The van der Waals surface area contributed by atoms with Gasteiger partial charge in [-0.25, -0.2) is 0 Å². The van der Waals surface area contributed by atoms with Crippen molar-refractivity contribution < 1.29 is 4.74 Å². The van der Waals surface area contributed by atoms with Crippen molar-refractivity contribution in [1.29, 1.82) is 0 Å². The van der Waals surface area contributed by atoms with Crippen LogP contribution in [-0.4, -0.2) is 36.9 Å². The molecule has 1 heterocycles. The summed E-state index contributed by atoms with van der Waals surface area (Å²) in [6.07, 6.45) is 8.10. The first-order valence-corrected chi connectivity index (χ1v) is 18.9. The van der Waals surface area contributed by atoms with Gasteiger partial charge in [-0.15, -0.1) is 0 Å². The van der Waals surface area contributed by atoms with Crippen LogP contribution in [0.1, 0.15) is 78.7 Å². The molecule has 2 nitrogen and oxygen atoms in total. The SMILES string of the molecule is CCC[CH2][Sn]([CH2]CCC)([CH2]CCC)[c]1ccccc1C1=NC(C(C)C)CO1. The second-order valence-electron chi connectivity index (χ2n) is 8.69. The maximum absolute atomic E-state index is 6.15. The van der Waals surface area contributed by atoms with Gasteiger partial charge in [0, 0.05) is 0 Å². The van der Waals surface area contributed by atoms with Crippen LogP contribution < -0.4 is 3.58 Å². The first-order chi connectivity index (χ1) is 13.1. The summed E-state index contributed by atoms with van der Waals surface area (Å²) >= 11 is -2.49. The number of ether oxygens (including phenoxy) is 1. The Morgan fingerprint density at radius 1 is 0.963 bits per heavy atom. The summed E-state index contributed by atoms with van der Waals surface area (Å²) < 4.78 is 12.3. The van der Waals surface area contributed by atoms with E-state index in [4.69, 9.17) is 9.73 Å². The molecule has 0 bridgehead atoms. The van der Waals surface area contributed by atoms with Crippen LogP contribution in [0.5, 0.6) is 0 Å². The Kier molecular flexibility index (Phi) is 9.68. The van der Waals surface area contributed by atoms with E-state index in [-0.39, 0.29) is 0 Å². The summed E-state index contributed by atoms with van der Waals surface area (Å²) in [5.74, 6) is 1.48. The normalized spacial score (nSPS) is 17.3. The topological polar surface area (TPSA) is 21.6 Å². The molecule has 1 atom stereocenters. The zero-order valence-corrected chi connectivity index (χ0v) is 21.2. The maximum atomic E-state index is 6.15. The van der Waals surface area contributed by atoms with Gasteiger partial charge in [0.25, 0.3) is 0 Å². The van der Waals surface area contributed by atoms with Gasteiger partial charge in [-0.05, 0) is 0 Å². The van der Waals surface area contributed by atoms with E-state index in [0.717, 1.165) is 12.5 Å². The Bertz CT molecular complexity index is 574. The third kappa shape index (κ3) is 5.98. The zero-order valence-electron chi connectivity index (χ0n) is 18.4. The Morgan fingerprint density at radius 3 is 2.00 bits per heavy atom. The molecule has 1 aromatic rings. The van der Waals surface area contributed by atoms with E-state index in [2.05, 4.69) is 58.9 Å². The Hall–Kier alpha value is -0.511. The number of unbranched alkanes of at least 4 members (excludes halogenated alkanes) is 3. The number of nitrogens with zero attached hydrogens (tertiary/aromatic N) is 1. The van der Waals surface area contributed by atoms with Crippen molar-refractivity contribution in [2.24, 2.45) is 10.9 Å². The molecular formula is C24H41NOSn. The molecule has 0 N–H and O–H groups in total. The van der Waals surface area contributed by atoms with Crippen LogP contribution in [0.25, 0.3) is 0 Å². The summed E-state index contributed by atoms with van der Waals surface area (Å²) in [6.45, 7) is 12.3. The molecule has 0 fully saturated rings. The molecule has 0 spiro atoms. The van der Waals surface area contributed by atoms with Gasteiger partial charge in [-0.1, -0.05) is 0 Å². The molecule has 0 amide bonds. The standard InChI is InChI=1S/C12H14NO.3C4H9.Sn/c1-9(2)11-8-14-12(13-11)10-6-4-3-5-7-10;3*1-3-4-2;/h3-6,9,11H,8H2,1-2H3;3*1,3-4H2,2H3;. The minimum absolute atomic E-state index is 0.319. The van der Waals surface area contributed by atoms with Crippen LogP contribution in [0.2, 0.25) is 13.3 Å². The summed E-state index contributed by atoms with van der Waals surface area (Å²) in [5, 5.41) is 0. The molecule has 1 aromatic carbocycles. The third-order valence-corrected chi connectivity index (χ3v) is 21.9. The summed E-state index contributed by atoms with van der Waals surface area (Å²) in [6, 6.07) is 9.53. The van der Waals surface area contributed by atoms with Crippen LogP contribution >= 0.6 is 0 Å². The fourth-order valence-corrected chi connectivity index (χ4v) is 21.1. The predicted octanol–water partition coefficient (Wildman–Crippen LogP) is 6.54. The van der Waals surface area contributed by atoms with Crippen LogP contribution in [0.3, 0.4) is 0 Å². The predicted molar refractivity (Wildman–Crippen MR) is 122 cm³/mol. The number of hydrogen-bond acceptors (Lipinski definition) is 2. The number of hydrogen-bond donors (Lipinski definition) is 0. The van der Waals surface area contributed by atoms with Gasteiger partial charge in [0.1, 0.15) is 0 Å². The van der Waals surface area contributed by atoms with Gasteiger partial charge < -0.3 is 0 Å². The third-order valence-electron chi connectivity index (χ3n) is 6.20. The summed E-state index contributed by atoms with van der Waals surface area (Å²) in [4.78, 5) is 5.00. The Labute approximate surface area is 172 Å². The van der Waals surface area contributed by atoms with Crippen molar-refractivity contribution >= 4 is 27.9 Å². The van der Waals surface area contributed by atoms with E-state index >= 15 is 0 Å². The van der Waals surface area contributed by atoms with E-state index in [1.54, 1.807) is 3.58 Å². The quantitative estimate of drug-likeness (QED) is 0.313. The molecule has 0 aromatic heterocycles. The van der Waals surface area contributed by atoms with E-state index in [1.165, 1.54) is 57.4 Å². The van der Waals surface area contributed by atoms with Gasteiger partial charge >= 0.3 is 172 Å². The Morgan fingerprint density at radius 2 is 1.52 bits per heavy atom. The Balaban J connectivity index is 2.46. The first kappa shape index (κ1) is 22.8. The molecule has 3 heteroatoms. The fourth-order valence-electron chi connectivity index (χ4n) is 4.33. The number of aliphatic imine (C=N–C) groups is 1. The van der Waals surface area contributed by atoms with Crippen molar-refractivity contribution in [3.05, 3.63) is 29.8 Å². The zero-order chi connectivity index (χ0) is 19.7. The molecule has 27 heavy (non-hydrogen) atoms. The van der Waals surface area contributed by atoms with Crippen molar-refractivity contribution in [3.8, 4) is 0 Å². The second-order valence-corrected chi connectivity index (χ2v) is 21.8. The molecule has 0 saturated carbocycles. The number of benzene rings is 1. The molecule has 152 valence electrons. The monoisotopic (exact) mass is 479 g/mol. The first-order valence-electron chi connectivity index (χ1n) is 11.4. The van der Waals surface area contributed by atoms with Crippen molar-refractivity contribution in [1.82, 2.24) is 0 Å². The van der Waals surface area contributed by atoms with Gasteiger partial charge in [-0.3, -0.25) is 0 Å². The molecule has 1 unspecified atom stereocenters. The van der Waals surface area contributed by atoms with Crippen LogP contribution in [0.4, 0.5) is 0 Å². The molecule has 0 radical (unpaired) electrons. The van der Waals surface area contributed by atoms with Gasteiger partial charge in [0.2, 0.25) is 0 Å². The van der Waals surface area contributed by atoms with Gasteiger partial charge in [0.15, 0.2) is 0 Å². The van der Waals surface area contributed by atoms with Crippen LogP contribution in [0.15, 0.2) is 29.3 Å². The molecule has 1 aliphatic rings. The van der Waals surface area contributed by atoms with E-state index < -0.39 is 18.4 Å². The van der Waals surface area contributed by atoms with Gasteiger partial charge in [0.05, 0.1) is 0 Å². The van der Waals surface area contributed by atoms with Crippen molar-refractivity contribution in [2.45, 2.75) is 92.5 Å². The van der Waals surface area contributed by atoms with Crippen molar-refractivity contribution in [3.63, 3.8) is 0 Å². The molecule has 0 aliphatic carbocycles. The average molecular weight is 478 g/mol. The van der Waals surface area contributed by atoms with Gasteiger partial charge in [-0.2, -0.15) is 0 Å². The van der Waals surface area contributed by atoms with Crippen LogP contribution in [-0.2, 0) is 4.74 Å². The van der Waals surface area contributed by atoms with Crippen molar-refractivity contribution in [2.75, 3.05) is 6.61 Å². The molecule has 0 saturated heterocycles. The van der Waals surface area contributed by atoms with E-state index in [1.807, 2.05) is 0 Å². The average Bonchev–Trinajstić information content (AvgIpc) is 3.18. The van der Waals surface area contributed by atoms with E-state index in [9.17, 15) is 0 Å². The summed E-state index contributed by atoms with van der Waals surface area (Å²) in [5.41, 5.74) is 1.35. The van der Waals surface area contributed by atoms with Crippen LogP contribution in [0, 0.1) is 5.92 Å². The molecule has 1 aliphatic heterocycles.